The van der Waals surface area contributed by atoms with E-state index in [-0.39, 0.29) is 41.7 Å². The molecule has 0 aliphatic carbocycles. The van der Waals surface area contributed by atoms with E-state index >= 15 is 0 Å². The summed E-state index contributed by atoms with van der Waals surface area (Å²) in [6.07, 6.45) is 1.15. The fourth-order valence-electron chi connectivity index (χ4n) is 4.02. The smallest absolute Gasteiger partial charge is 0.223 e. The molecule has 3 rings (SSSR count). The van der Waals surface area contributed by atoms with Crippen LogP contribution in [0.15, 0.2) is 42.5 Å². The number of likely N-dealkylation sites (tertiary alicyclic amines) is 1. The van der Waals surface area contributed by atoms with Gasteiger partial charge < -0.3 is 10.6 Å². The lowest BCUT2D eigenvalue weighted by molar-refractivity contribution is -0.132. The molecular weight excluding hydrogens is 441 g/mol. The monoisotopic (exact) mass is 468 g/mol. The number of nitrogens with zero attached hydrogens (tertiary/aromatic N) is 1. The number of carbonyl (C=O) groups excluding carboxylic acids is 1. The van der Waals surface area contributed by atoms with Crippen LogP contribution in [0.3, 0.4) is 0 Å². The SMILES string of the molecule is N[C@H](Cc1cc(F)c(F)cc1F)C1CCN(C(=O)CCS(=O)(=O)Cc2ccccc2)CC1. The Kier molecular flexibility index (Phi) is 7.95. The standard InChI is InChI=1S/C23H27F3N2O3S/c24-19-14-21(26)20(25)12-18(19)13-22(27)17-6-9-28(10-7-17)23(29)8-11-32(30,31)15-16-4-2-1-3-5-16/h1-5,12,14,17,22H,6-11,13,15,27H2/t22-/m1/s1. The molecule has 0 aromatic heterocycles. The molecule has 2 aromatic carbocycles. The second-order valence-electron chi connectivity index (χ2n) is 8.27. The Labute approximate surface area is 186 Å². The first kappa shape index (κ1) is 24.3. The summed E-state index contributed by atoms with van der Waals surface area (Å²) >= 11 is 0. The van der Waals surface area contributed by atoms with Crippen molar-refractivity contribution in [1.82, 2.24) is 4.90 Å². The van der Waals surface area contributed by atoms with E-state index in [2.05, 4.69) is 0 Å². The van der Waals surface area contributed by atoms with Gasteiger partial charge in [0.05, 0.1) is 11.5 Å². The van der Waals surface area contributed by atoms with Gasteiger partial charge in [-0.05, 0) is 42.4 Å². The number of piperidine rings is 1. The Morgan fingerprint density at radius 1 is 1.03 bits per heavy atom. The van der Waals surface area contributed by atoms with Crippen molar-refractivity contribution in [2.75, 3.05) is 18.8 Å². The van der Waals surface area contributed by atoms with Crippen LogP contribution in [0, 0.1) is 23.4 Å². The molecule has 2 N–H and O–H groups in total. The summed E-state index contributed by atoms with van der Waals surface area (Å²) in [5, 5.41) is 0. The van der Waals surface area contributed by atoms with E-state index in [9.17, 15) is 26.4 Å². The molecule has 1 heterocycles. The van der Waals surface area contributed by atoms with Crippen molar-refractivity contribution in [2.24, 2.45) is 11.7 Å². The van der Waals surface area contributed by atoms with Crippen molar-refractivity contribution in [3.8, 4) is 0 Å². The first-order valence-corrected chi connectivity index (χ1v) is 12.4. The minimum atomic E-state index is -3.40. The number of hydrogen-bond donors (Lipinski definition) is 1. The van der Waals surface area contributed by atoms with Gasteiger partial charge in [0.15, 0.2) is 21.5 Å². The summed E-state index contributed by atoms with van der Waals surface area (Å²) in [7, 11) is -3.40. The van der Waals surface area contributed by atoms with Crippen LogP contribution in [0.25, 0.3) is 0 Å². The van der Waals surface area contributed by atoms with Gasteiger partial charge >= 0.3 is 0 Å². The average molecular weight is 469 g/mol. The van der Waals surface area contributed by atoms with E-state index in [1.54, 1.807) is 29.2 Å². The van der Waals surface area contributed by atoms with Crippen LogP contribution in [-0.2, 0) is 26.8 Å². The van der Waals surface area contributed by atoms with Gasteiger partial charge in [-0.2, -0.15) is 0 Å². The highest BCUT2D eigenvalue weighted by Crippen LogP contribution is 2.24. The third kappa shape index (κ3) is 6.56. The molecule has 1 saturated heterocycles. The summed E-state index contributed by atoms with van der Waals surface area (Å²) in [4.78, 5) is 14.1. The molecule has 0 radical (unpaired) electrons. The molecule has 174 valence electrons. The van der Waals surface area contributed by atoms with E-state index in [0.29, 0.717) is 37.6 Å². The summed E-state index contributed by atoms with van der Waals surface area (Å²) in [6, 6.07) is 9.71. The van der Waals surface area contributed by atoms with Crippen molar-refractivity contribution in [1.29, 1.82) is 0 Å². The molecule has 1 fully saturated rings. The second kappa shape index (κ2) is 10.5. The Hall–Kier alpha value is -2.39. The molecule has 32 heavy (non-hydrogen) atoms. The number of sulfone groups is 1. The third-order valence-electron chi connectivity index (χ3n) is 5.90. The van der Waals surface area contributed by atoms with Gasteiger partial charge in [0.1, 0.15) is 5.82 Å². The predicted molar refractivity (Wildman–Crippen MR) is 116 cm³/mol. The molecule has 0 unspecified atom stereocenters. The van der Waals surface area contributed by atoms with Gasteiger partial charge in [-0.1, -0.05) is 30.3 Å². The van der Waals surface area contributed by atoms with Crippen molar-refractivity contribution in [3.05, 3.63) is 71.0 Å². The molecule has 2 aromatic rings. The van der Waals surface area contributed by atoms with Gasteiger partial charge in [0.25, 0.3) is 0 Å². The molecule has 0 saturated carbocycles. The minimum Gasteiger partial charge on any atom is -0.343 e. The first-order chi connectivity index (χ1) is 15.1. The van der Waals surface area contributed by atoms with E-state index in [0.717, 1.165) is 6.07 Å². The molecule has 0 spiro atoms. The lowest BCUT2D eigenvalue weighted by Crippen LogP contribution is -2.44. The van der Waals surface area contributed by atoms with Crippen LogP contribution in [0.2, 0.25) is 0 Å². The van der Waals surface area contributed by atoms with Gasteiger partial charge in [-0.3, -0.25) is 4.79 Å². The Morgan fingerprint density at radius 2 is 1.66 bits per heavy atom. The maximum absolute atomic E-state index is 13.9. The highest BCUT2D eigenvalue weighted by Gasteiger charge is 2.28. The zero-order valence-corrected chi connectivity index (χ0v) is 18.5. The normalized spacial score (nSPS) is 16.2. The molecule has 9 heteroatoms. The third-order valence-corrected chi connectivity index (χ3v) is 7.50. The minimum absolute atomic E-state index is 0.00613. The molecule has 1 atom stereocenters. The average Bonchev–Trinajstić information content (AvgIpc) is 2.76. The molecule has 1 aliphatic rings. The maximum atomic E-state index is 13.9. The zero-order valence-electron chi connectivity index (χ0n) is 17.6. The van der Waals surface area contributed by atoms with E-state index in [4.69, 9.17) is 5.73 Å². The number of rotatable bonds is 8. The van der Waals surface area contributed by atoms with Crippen molar-refractivity contribution in [3.63, 3.8) is 0 Å². The summed E-state index contributed by atoms with van der Waals surface area (Å²) in [5.74, 6) is -3.72. The summed E-state index contributed by atoms with van der Waals surface area (Å²) < 4.78 is 65.0. The number of carbonyl (C=O) groups is 1. The Morgan fingerprint density at radius 3 is 2.31 bits per heavy atom. The Bertz CT molecular complexity index is 1040. The molecule has 1 aliphatic heterocycles. The van der Waals surface area contributed by atoms with Crippen LogP contribution in [-0.4, -0.2) is 44.1 Å². The van der Waals surface area contributed by atoms with E-state index in [1.807, 2.05) is 6.07 Å². The fraction of sp³-hybridized carbons (Fsp3) is 0.435. The van der Waals surface area contributed by atoms with Gasteiger partial charge in [0.2, 0.25) is 5.91 Å². The summed E-state index contributed by atoms with van der Waals surface area (Å²) in [5.41, 5.74) is 6.90. The molecule has 1 amide bonds. The largest absolute Gasteiger partial charge is 0.343 e. The topological polar surface area (TPSA) is 80.5 Å². The van der Waals surface area contributed by atoms with Crippen molar-refractivity contribution < 1.29 is 26.4 Å². The van der Waals surface area contributed by atoms with Crippen molar-refractivity contribution >= 4 is 15.7 Å². The van der Waals surface area contributed by atoms with Gasteiger partial charge in [0, 0.05) is 31.6 Å². The molecule has 0 bridgehead atoms. The predicted octanol–water partition coefficient (Wildman–Crippen LogP) is 3.22. The second-order valence-corrected chi connectivity index (χ2v) is 10.5. The van der Waals surface area contributed by atoms with Gasteiger partial charge in [-0.25, -0.2) is 21.6 Å². The molecule has 5 nitrogen and oxygen atoms in total. The van der Waals surface area contributed by atoms with E-state index in [1.165, 1.54) is 0 Å². The number of halogens is 3. The first-order valence-electron chi connectivity index (χ1n) is 10.6. The van der Waals surface area contributed by atoms with Crippen LogP contribution in [0.5, 0.6) is 0 Å². The lowest BCUT2D eigenvalue weighted by atomic mass is 9.86. The maximum Gasteiger partial charge on any atom is 0.223 e. The lowest BCUT2D eigenvalue weighted by Gasteiger charge is -2.35. The highest BCUT2D eigenvalue weighted by molar-refractivity contribution is 7.90. The highest BCUT2D eigenvalue weighted by atomic mass is 32.2. The van der Waals surface area contributed by atoms with Gasteiger partial charge in [-0.15, -0.1) is 0 Å². The zero-order chi connectivity index (χ0) is 23.3. The number of hydrogen-bond acceptors (Lipinski definition) is 4. The van der Waals surface area contributed by atoms with E-state index < -0.39 is 33.3 Å². The molecular formula is C23H27F3N2O3S. The Balaban J connectivity index is 1.46. The van der Waals surface area contributed by atoms with Crippen molar-refractivity contribution in [2.45, 2.75) is 37.5 Å². The number of benzene rings is 2. The quantitative estimate of drug-likeness (QED) is 0.604. The van der Waals surface area contributed by atoms with Crippen LogP contribution in [0.1, 0.15) is 30.4 Å². The summed E-state index contributed by atoms with van der Waals surface area (Å²) in [6.45, 7) is 0.854. The number of amides is 1. The number of nitrogens with two attached hydrogens (primary N) is 1. The fourth-order valence-corrected chi connectivity index (χ4v) is 5.35. The van der Waals surface area contributed by atoms with Crippen LogP contribution < -0.4 is 5.73 Å². The van der Waals surface area contributed by atoms with Crippen LogP contribution >= 0.6 is 0 Å². The van der Waals surface area contributed by atoms with Crippen LogP contribution in [0.4, 0.5) is 13.2 Å².